The van der Waals surface area contributed by atoms with E-state index in [9.17, 15) is 9.59 Å². The largest absolute Gasteiger partial charge is 0.348 e. The zero-order valence-electron chi connectivity index (χ0n) is 16.8. The molecule has 4 atom stereocenters. The number of hydrogen-bond donors (Lipinski definition) is 0. The van der Waals surface area contributed by atoms with Crippen molar-refractivity contribution >= 4 is 28.6 Å². The maximum Gasteiger partial charge on any atom is 0.262 e. The molecule has 27 heavy (non-hydrogen) atoms. The number of amides is 1. The predicted molar refractivity (Wildman–Crippen MR) is 111 cm³/mol. The molecular weight excluding hydrogens is 358 g/mol. The normalized spacial score (nSPS) is 24.0. The summed E-state index contributed by atoms with van der Waals surface area (Å²) >= 11 is 1.39. The fourth-order valence-corrected chi connectivity index (χ4v) is 5.10. The molecule has 1 aromatic carbocycles. The Kier molecular flexibility index (Phi) is 5.94. The maximum atomic E-state index is 13.4. The Bertz CT molecular complexity index is 893. The first-order chi connectivity index (χ1) is 12.8. The predicted octanol–water partition coefficient (Wildman–Crippen LogP) is 3.96. The molecule has 3 rings (SSSR count). The average Bonchev–Trinajstić information content (AvgIpc) is 2.64. The van der Waals surface area contributed by atoms with E-state index in [0.29, 0.717) is 27.9 Å². The van der Waals surface area contributed by atoms with Gasteiger partial charge in [0.15, 0.2) is 5.16 Å². The van der Waals surface area contributed by atoms with Gasteiger partial charge in [0.1, 0.15) is 0 Å². The van der Waals surface area contributed by atoms with Gasteiger partial charge in [-0.05, 0) is 37.3 Å². The fourth-order valence-electron chi connectivity index (χ4n) is 3.99. The Balaban J connectivity index is 2.13. The second-order valence-electron chi connectivity index (χ2n) is 7.91. The lowest BCUT2D eigenvalue weighted by molar-refractivity contribution is -0.127. The minimum atomic E-state index is -0.296. The summed E-state index contributed by atoms with van der Waals surface area (Å²) in [5.41, 5.74) is 0.709. The summed E-state index contributed by atoms with van der Waals surface area (Å²) in [4.78, 5) is 32.2. The van der Waals surface area contributed by atoms with Gasteiger partial charge in [-0.2, -0.15) is 0 Å². The number of nitrogens with zero attached hydrogens (tertiary/aromatic N) is 3. The molecule has 0 radical (unpaired) electrons. The second kappa shape index (κ2) is 8.05. The summed E-state index contributed by atoms with van der Waals surface area (Å²) in [5.74, 6) is 0.999. The van der Waals surface area contributed by atoms with Gasteiger partial charge in [0.25, 0.3) is 5.56 Å². The van der Waals surface area contributed by atoms with Crippen LogP contribution in [-0.4, -0.2) is 39.7 Å². The van der Waals surface area contributed by atoms with Crippen LogP contribution in [0.5, 0.6) is 0 Å². The summed E-state index contributed by atoms with van der Waals surface area (Å²) < 4.78 is 1.88. The van der Waals surface area contributed by atoms with Crippen molar-refractivity contribution < 1.29 is 4.79 Å². The second-order valence-corrected chi connectivity index (χ2v) is 9.22. The number of carbonyl (C=O) groups is 1. The number of fused-ring (bicyclic) bond motifs is 1. The van der Waals surface area contributed by atoms with Gasteiger partial charge in [-0.25, -0.2) is 4.98 Å². The van der Waals surface area contributed by atoms with E-state index in [1.165, 1.54) is 18.2 Å². The van der Waals surface area contributed by atoms with E-state index in [1.807, 2.05) is 35.8 Å². The van der Waals surface area contributed by atoms with E-state index >= 15 is 0 Å². The van der Waals surface area contributed by atoms with E-state index < -0.39 is 0 Å². The van der Waals surface area contributed by atoms with Crippen LogP contribution in [0.1, 0.15) is 46.1 Å². The van der Waals surface area contributed by atoms with Gasteiger partial charge >= 0.3 is 0 Å². The third-order valence-corrected chi connectivity index (χ3v) is 6.90. The molecule has 1 fully saturated rings. The number of benzene rings is 1. The minimum Gasteiger partial charge on any atom is -0.348 e. The van der Waals surface area contributed by atoms with Gasteiger partial charge < -0.3 is 4.90 Å². The molecule has 5 nitrogen and oxygen atoms in total. The van der Waals surface area contributed by atoms with Gasteiger partial charge in [-0.3, -0.25) is 14.2 Å². The molecule has 1 aliphatic carbocycles. The standard InChI is InChI=1S/C21H29N3O2S/c1-13-9-8-12-18(14(13)2)24-20(26)16-10-6-7-11-17(16)22-21(24)27-15(3)19(25)23(4)5/h6-7,10-11,13-15,18H,8-9,12H2,1-5H3/t13-,14+,15-,18-/m0/s1. The number of aromatic nitrogens is 2. The molecule has 2 aromatic rings. The lowest BCUT2D eigenvalue weighted by atomic mass is 9.78. The number of carbonyl (C=O) groups excluding carboxylic acids is 1. The smallest absolute Gasteiger partial charge is 0.262 e. The lowest BCUT2D eigenvalue weighted by Crippen LogP contribution is -2.36. The molecule has 146 valence electrons. The van der Waals surface area contributed by atoms with Crippen molar-refractivity contribution in [2.75, 3.05) is 14.1 Å². The molecule has 0 aliphatic heterocycles. The summed E-state index contributed by atoms with van der Waals surface area (Å²) in [6.45, 7) is 6.38. The molecule has 1 saturated carbocycles. The van der Waals surface area contributed by atoms with Crippen LogP contribution >= 0.6 is 11.8 Å². The summed E-state index contributed by atoms with van der Waals surface area (Å²) in [6.07, 6.45) is 3.30. The Labute approximate surface area is 165 Å². The molecule has 0 unspecified atom stereocenters. The van der Waals surface area contributed by atoms with Crippen LogP contribution in [-0.2, 0) is 4.79 Å². The summed E-state index contributed by atoms with van der Waals surface area (Å²) in [7, 11) is 3.51. The SMILES string of the molecule is C[C@@H]1[C@@H](C)CCC[C@@H]1n1c(S[C@@H](C)C(=O)N(C)C)nc2ccccc2c1=O. The number of rotatable bonds is 4. The van der Waals surface area contributed by atoms with Gasteiger partial charge in [0.05, 0.1) is 16.2 Å². The monoisotopic (exact) mass is 387 g/mol. The minimum absolute atomic E-state index is 0.0125. The van der Waals surface area contributed by atoms with Crippen molar-refractivity contribution in [3.05, 3.63) is 34.6 Å². The lowest BCUT2D eigenvalue weighted by Gasteiger charge is -2.36. The topological polar surface area (TPSA) is 55.2 Å². The van der Waals surface area contributed by atoms with E-state index in [2.05, 4.69) is 13.8 Å². The highest BCUT2D eigenvalue weighted by atomic mass is 32.2. The maximum absolute atomic E-state index is 13.4. The molecule has 0 saturated heterocycles. The number of hydrogen-bond acceptors (Lipinski definition) is 4. The van der Waals surface area contributed by atoms with E-state index in [-0.39, 0.29) is 22.8 Å². The number of thioether (sulfide) groups is 1. The van der Waals surface area contributed by atoms with E-state index in [4.69, 9.17) is 4.98 Å². The number of para-hydroxylation sites is 1. The van der Waals surface area contributed by atoms with Crippen LogP contribution in [0.15, 0.2) is 34.2 Å². The van der Waals surface area contributed by atoms with Crippen LogP contribution < -0.4 is 5.56 Å². The van der Waals surface area contributed by atoms with Gasteiger partial charge in [0.2, 0.25) is 5.91 Å². The van der Waals surface area contributed by atoms with Crippen LogP contribution in [0.25, 0.3) is 10.9 Å². The first kappa shape index (κ1) is 19.9. The zero-order chi connectivity index (χ0) is 19.7. The highest BCUT2D eigenvalue weighted by Crippen LogP contribution is 2.39. The van der Waals surface area contributed by atoms with Crippen molar-refractivity contribution in [2.24, 2.45) is 11.8 Å². The van der Waals surface area contributed by atoms with Gasteiger partial charge in [0, 0.05) is 20.1 Å². The van der Waals surface area contributed by atoms with Crippen LogP contribution in [0.2, 0.25) is 0 Å². The average molecular weight is 388 g/mol. The van der Waals surface area contributed by atoms with Crippen LogP contribution in [0, 0.1) is 11.8 Å². The Hall–Kier alpha value is -1.82. The summed E-state index contributed by atoms with van der Waals surface area (Å²) in [5, 5.41) is 1.02. The molecule has 1 aromatic heterocycles. The molecule has 6 heteroatoms. The van der Waals surface area contributed by atoms with Gasteiger partial charge in [-0.15, -0.1) is 0 Å². The third kappa shape index (κ3) is 3.91. The molecular formula is C21H29N3O2S. The third-order valence-electron chi connectivity index (χ3n) is 5.84. The van der Waals surface area contributed by atoms with Crippen LogP contribution in [0.3, 0.4) is 0 Å². The molecule has 1 amide bonds. The molecule has 0 spiro atoms. The van der Waals surface area contributed by atoms with Crippen molar-refractivity contribution in [1.29, 1.82) is 0 Å². The van der Waals surface area contributed by atoms with Crippen molar-refractivity contribution in [3.8, 4) is 0 Å². The molecule has 0 bridgehead atoms. The first-order valence-corrected chi connectivity index (χ1v) is 10.6. The van der Waals surface area contributed by atoms with Crippen molar-refractivity contribution in [2.45, 2.75) is 56.5 Å². The zero-order valence-corrected chi connectivity index (χ0v) is 17.6. The van der Waals surface area contributed by atoms with Crippen molar-refractivity contribution in [1.82, 2.24) is 14.5 Å². The highest BCUT2D eigenvalue weighted by molar-refractivity contribution is 8.00. The van der Waals surface area contributed by atoms with E-state index in [0.717, 1.165) is 12.8 Å². The van der Waals surface area contributed by atoms with Crippen LogP contribution in [0.4, 0.5) is 0 Å². The first-order valence-electron chi connectivity index (χ1n) is 9.70. The molecule has 0 N–H and O–H groups in total. The van der Waals surface area contributed by atoms with Gasteiger partial charge in [-0.1, -0.05) is 50.6 Å². The molecule has 1 aliphatic rings. The van der Waals surface area contributed by atoms with Crippen molar-refractivity contribution in [3.63, 3.8) is 0 Å². The summed E-state index contributed by atoms with van der Waals surface area (Å²) in [6, 6.07) is 7.63. The Morgan fingerprint density at radius 2 is 1.96 bits per heavy atom. The highest BCUT2D eigenvalue weighted by Gasteiger charge is 2.32. The van der Waals surface area contributed by atoms with E-state index in [1.54, 1.807) is 19.0 Å². The quantitative estimate of drug-likeness (QED) is 0.588. The fraction of sp³-hybridized carbons (Fsp3) is 0.571. The Morgan fingerprint density at radius 3 is 2.67 bits per heavy atom. The molecule has 1 heterocycles. The Morgan fingerprint density at radius 1 is 1.26 bits per heavy atom.